The van der Waals surface area contributed by atoms with E-state index in [-0.39, 0.29) is 23.7 Å². The van der Waals surface area contributed by atoms with E-state index in [0.29, 0.717) is 6.42 Å². The van der Waals surface area contributed by atoms with Crippen molar-refractivity contribution in [1.82, 2.24) is 20.3 Å². The van der Waals surface area contributed by atoms with Crippen molar-refractivity contribution in [3.8, 4) is 0 Å². The number of carbonyl (C=O) groups excluding carboxylic acids is 2. The second-order valence-electron chi connectivity index (χ2n) is 6.06. The summed E-state index contributed by atoms with van der Waals surface area (Å²) in [5, 5.41) is 9.84. The van der Waals surface area contributed by atoms with Crippen molar-refractivity contribution in [2.45, 2.75) is 32.9 Å². The maximum Gasteiger partial charge on any atom is 0.274 e. The Hall–Kier alpha value is -2.84. The first-order valence-corrected chi connectivity index (χ1v) is 7.71. The zero-order valence-electron chi connectivity index (χ0n) is 13.9. The molecule has 0 bridgehead atoms. The number of carbonyl (C=O) groups is 2. The minimum Gasteiger partial charge on any atom is -0.368 e. The molecule has 0 fully saturated rings. The van der Waals surface area contributed by atoms with Crippen LogP contribution >= 0.6 is 0 Å². The van der Waals surface area contributed by atoms with E-state index in [9.17, 15) is 18.4 Å². The Labute approximate surface area is 143 Å². The summed E-state index contributed by atoms with van der Waals surface area (Å²) < 4.78 is 28.4. The van der Waals surface area contributed by atoms with Crippen molar-refractivity contribution in [3.05, 3.63) is 47.3 Å². The summed E-state index contributed by atoms with van der Waals surface area (Å²) in [5.74, 6) is -2.57. The highest BCUT2D eigenvalue weighted by molar-refractivity contribution is 5.95. The fourth-order valence-corrected chi connectivity index (χ4v) is 2.27. The van der Waals surface area contributed by atoms with Crippen molar-refractivity contribution in [2.75, 3.05) is 0 Å². The molecule has 0 aliphatic heterocycles. The number of nitrogens with one attached hydrogen (secondary N) is 1. The zero-order valence-corrected chi connectivity index (χ0v) is 13.9. The molecule has 0 saturated heterocycles. The van der Waals surface area contributed by atoms with Gasteiger partial charge in [-0.25, -0.2) is 13.5 Å². The number of primary amides is 1. The van der Waals surface area contributed by atoms with Crippen LogP contribution in [0.4, 0.5) is 8.78 Å². The van der Waals surface area contributed by atoms with Crippen LogP contribution < -0.4 is 11.1 Å². The summed E-state index contributed by atoms with van der Waals surface area (Å²) in [4.78, 5) is 23.6. The molecule has 1 aromatic heterocycles. The van der Waals surface area contributed by atoms with E-state index >= 15 is 0 Å². The molecule has 0 aliphatic rings. The van der Waals surface area contributed by atoms with Gasteiger partial charge in [0.15, 0.2) is 5.69 Å². The Bertz CT molecular complexity index is 755. The van der Waals surface area contributed by atoms with E-state index < -0.39 is 29.5 Å². The van der Waals surface area contributed by atoms with Gasteiger partial charge in [-0.15, -0.1) is 5.10 Å². The van der Waals surface area contributed by atoms with Gasteiger partial charge in [-0.1, -0.05) is 25.1 Å². The molecule has 9 heteroatoms. The van der Waals surface area contributed by atoms with E-state index in [1.807, 2.05) is 13.8 Å². The lowest BCUT2D eigenvalue weighted by Gasteiger charge is -2.16. The first-order chi connectivity index (χ1) is 11.8. The van der Waals surface area contributed by atoms with Crippen LogP contribution in [0, 0.1) is 17.6 Å². The third-order valence-electron chi connectivity index (χ3n) is 3.51. The quantitative estimate of drug-likeness (QED) is 0.783. The van der Waals surface area contributed by atoms with E-state index in [4.69, 9.17) is 5.73 Å². The topological polar surface area (TPSA) is 103 Å². The number of amides is 2. The van der Waals surface area contributed by atoms with Gasteiger partial charge in [0.05, 0.1) is 12.7 Å². The van der Waals surface area contributed by atoms with Crippen LogP contribution in [0.3, 0.4) is 0 Å². The van der Waals surface area contributed by atoms with Gasteiger partial charge in [-0.05, 0) is 24.5 Å². The molecule has 3 N–H and O–H groups in total. The number of nitrogens with two attached hydrogens (primary N) is 1. The van der Waals surface area contributed by atoms with Crippen LogP contribution in [0.15, 0.2) is 24.4 Å². The van der Waals surface area contributed by atoms with Gasteiger partial charge >= 0.3 is 0 Å². The van der Waals surface area contributed by atoms with Crippen molar-refractivity contribution in [2.24, 2.45) is 11.7 Å². The number of rotatable bonds is 7. The Morgan fingerprint density at radius 3 is 2.48 bits per heavy atom. The van der Waals surface area contributed by atoms with Gasteiger partial charge in [-0.3, -0.25) is 9.59 Å². The van der Waals surface area contributed by atoms with Crippen LogP contribution in [0.5, 0.6) is 0 Å². The maximum absolute atomic E-state index is 13.7. The van der Waals surface area contributed by atoms with E-state index in [1.165, 1.54) is 12.3 Å². The molecule has 1 atom stereocenters. The van der Waals surface area contributed by atoms with Crippen LogP contribution in [0.1, 0.15) is 36.3 Å². The van der Waals surface area contributed by atoms with Crippen molar-refractivity contribution >= 4 is 11.8 Å². The zero-order chi connectivity index (χ0) is 18.6. The van der Waals surface area contributed by atoms with E-state index in [2.05, 4.69) is 15.6 Å². The number of hydrogen-bond donors (Lipinski definition) is 2. The average Bonchev–Trinajstić information content (AvgIpc) is 2.98. The average molecular weight is 351 g/mol. The molecular formula is C16H19F2N5O2. The third kappa shape index (κ3) is 4.82. The molecule has 0 spiro atoms. The van der Waals surface area contributed by atoms with Crippen LogP contribution in [0.2, 0.25) is 0 Å². The summed E-state index contributed by atoms with van der Waals surface area (Å²) in [7, 11) is 0. The smallest absolute Gasteiger partial charge is 0.274 e. The first kappa shape index (κ1) is 18.5. The lowest BCUT2D eigenvalue weighted by Crippen LogP contribution is -2.45. The highest BCUT2D eigenvalue weighted by Crippen LogP contribution is 2.13. The Morgan fingerprint density at radius 2 is 1.92 bits per heavy atom. The summed E-state index contributed by atoms with van der Waals surface area (Å²) in [6.07, 6.45) is 1.63. The molecule has 1 heterocycles. The Kier molecular flexibility index (Phi) is 5.79. The minimum absolute atomic E-state index is 0.0771. The molecule has 0 radical (unpaired) electrons. The number of halogens is 2. The van der Waals surface area contributed by atoms with Gasteiger partial charge in [0, 0.05) is 5.56 Å². The Morgan fingerprint density at radius 1 is 1.28 bits per heavy atom. The molecule has 2 amide bonds. The Balaban J connectivity index is 2.09. The molecule has 25 heavy (non-hydrogen) atoms. The second kappa shape index (κ2) is 7.82. The fraction of sp³-hybridized carbons (Fsp3) is 0.375. The molecule has 2 aromatic rings. The molecule has 7 nitrogen and oxygen atoms in total. The number of hydrogen-bond acceptors (Lipinski definition) is 4. The van der Waals surface area contributed by atoms with Gasteiger partial charge in [0.1, 0.15) is 17.7 Å². The highest BCUT2D eigenvalue weighted by atomic mass is 19.1. The van der Waals surface area contributed by atoms with Gasteiger partial charge < -0.3 is 11.1 Å². The minimum atomic E-state index is -0.832. The predicted octanol–water partition coefficient (Wildman–Crippen LogP) is 1.23. The first-order valence-electron chi connectivity index (χ1n) is 7.71. The van der Waals surface area contributed by atoms with E-state index in [0.717, 1.165) is 16.8 Å². The standard InChI is InChI=1S/C16H19F2N5O2/c1-9(2)6-13(15(19)24)20-16(25)14-8-23(22-21-14)7-10-11(17)4-3-5-12(10)18/h3-5,8-9,13H,6-7H2,1-2H3,(H2,19,24)(H,20,25)/t13-/m0/s1. The van der Waals surface area contributed by atoms with Gasteiger partial charge in [0.25, 0.3) is 5.91 Å². The largest absolute Gasteiger partial charge is 0.368 e. The summed E-state index contributed by atoms with van der Waals surface area (Å²) in [5.41, 5.74) is 5.01. The fourth-order valence-electron chi connectivity index (χ4n) is 2.27. The molecule has 2 rings (SSSR count). The molecule has 134 valence electrons. The normalized spacial score (nSPS) is 12.2. The lowest BCUT2D eigenvalue weighted by atomic mass is 10.0. The van der Waals surface area contributed by atoms with Crippen LogP contribution in [-0.4, -0.2) is 32.9 Å². The number of benzene rings is 1. The third-order valence-corrected chi connectivity index (χ3v) is 3.51. The van der Waals surface area contributed by atoms with Gasteiger partial charge in [-0.2, -0.15) is 0 Å². The second-order valence-corrected chi connectivity index (χ2v) is 6.06. The van der Waals surface area contributed by atoms with E-state index in [1.54, 1.807) is 0 Å². The van der Waals surface area contributed by atoms with Crippen molar-refractivity contribution in [3.63, 3.8) is 0 Å². The molecular weight excluding hydrogens is 332 g/mol. The predicted molar refractivity (Wildman–Crippen MR) is 85.4 cm³/mol. The number of nitrogens with zero attached hydrogens (tertiary/aromatic N) is 3. The highest BCUT2D eigenvalue weighted by Gasteiger charge is 2.22. The van der Waals surface area contributed by atoms with Crippen LogP contribution in [0.25, 0.3) is 0 Å². The lowest BCUT2D eigenvalue weighted by molar-refractivity contribution is -0.120. The van der Waals surface area contributed by atoms with Crippen LogP contribution in [-0.2, 0) is 11.3 Å². The monoisotopic (exact) mass is 351 g/mol. The summed E-state index contributed by atoms with van der Waals surface area (Å²) in [6.45, 7) is 3.56. The van der Waals surface area contributed by atoms with Crippen molar-refractivity contribution in [1.29, 1.82) is 0 Å². The molecule has 0 aliphatic carbocycles. The maximum atomic E-state index is 13.7. The summed E-state index contributed by atoms with van der Waals surface area (Å²) >= 11 is 0. The SMILES string of the molecule is CC(C)C[C@H](NC(=O)c1cn(Cc2c(F)cccc2F)nn1)C(N)=O. The molecule has 0 saturated carbocycles. The van der Waals surface area contributed by atoms with Gasteiger partial charge in [0.2, 0.25) is 5.91 Å². The summed E-state index contributed by atoms with van der Waals surface area (Å²) in [6, 6.07) is 2.69. The molecule has 1 aromatic carbocycles. The molecule has 0 unspecified atom stereocenters. The number of aromatic nitrogens is 3. The van der Waals surface area contributed by atoms with Crippen molar-refractivity contribution < 1.29 is 18.4 Å².